The molecule has 0 aromatic heterocycles. The number of rotatable bonds is 12. The zero-order valence-electron chi connectivity index (χ0n) is 14.5. The van der Waals surface area contributed by atoms with Gasteiger partial charge in [0.2, 0.25) is 0 Å². The van der Waals surface area contributed by atoms with E-state index >= 15 is 0 Å². The molecule has 23 heavy (non-hydrogen) atoms. The van der Waals surface area contributed by atoms with Crippen LogP contribution in [0.1, 0.15) is 64.7 Å². The Kier molecular flexibility index (Phi) is 18.6. The van der Waals surface area contributed by atoms with Crippen molar-refractivity contribution in [1.82, 2.24) is 5.32 Å². The van der Waals surface area contributed by atoms with Gasteiger partial charge in [0.25, 0.3) is 0 Å². The Bertz CT molecular complexity index is 393. The molecule has 0 aromatic rings. The van der Waals surface area contributed by atoms with E-state index in [4.69, 9.17) is 17.5 Å². The van der Waals surface area contributed by atoms with Crippen molar-refractivity contribution in [2.45, 2.75) is 74.4 Å². The molecule has 8 heteroatoms. The van der Waals surface area contributed by atoms with Gasteiger partial charge in [-0.2, -0.15) is 8.42 Å². The third-order valence-corrected chi connectivity index (χ3v) is 4.42. The summed E-state index contributed by atoms with van der Waals surface area (Å²) in [5, 5.41) is 3.01. The van der Waals surface area contributed by atoms with Crippen molar-refractivity contribution in [3.63, 3.8) is 0 Å². The van der Waals surface area contributed by atoms with Crippen LogP contribution >= 0.6 is 0 Å². The van der Waals surface area contributed by atoms with Crippen LogP contribution in [0.25, 0.3) is 0 Å². The molecule has 1 amide bonds. The van der Waals surface area contributed by atoms with Gasteiger partial charge in [0, 0.05) is 0 Å². The summed E-state index contributed by atoms with van der Waals surface area (Å²) in [6.07, 6.45) is 13.3. The van der Waals surface area contributed by atoms with Crippen LogP contribution in [-0.2, 0) is 15.2 Å². The van der Waals surface area contributed by atoms with Gasteiger partial charge in [-0.1, -0.05) is 0 Å². The summed E-state index contributed by atoms with van der Waals surface area (Å²) in [6, 6.07) is 0.391. The van der Waals surface area contributed by atoms with Crippen molar-refractivity contribution in [2.75, 3.05) is 0 Å². The summed E-state index contributed by atoms with van der Waals surface area (Å²) >= 11 is 1.15. The fourth-order valence-electron chi connectivity index (χ4n) is 2.16. The fourth-order valence-corrected chi connectivity index (χ4v) is 2.78. The van der Waals surface area contributed by atoms with Crippen LogP contribution in [0.4, 0.5) is 0 Å². The second kappa shape index (κ2) is 16.9. The van der Waals surface area contributed by atoms with Crippen molar-refractivity contribution in [1.29, 1.82) is 0 Å². The predicted octanol–water partition coefficient (Wildman–Crippen LogP) is 3.12. The van der Waals surface area contributed by atoms with E-state index in [2.05, 4.69) is 18.8 Å². The van der Waals surface area contributed by atoms with Gasteiger partial charge in [0.1, 0.15) is 0 Å². The van der Waals surface area contributed by atoms with E-state index in [1.54, 1.807) is 0 Å². The minimum Gasteiger partial charge on any atom is -0.264 e. The average Bonchev–Trinajstić information content (AvgIpc) is 2.46. The molecule has 0 bridgehead atoms. The van der Waals surface area contributed by atoms with Crippen LogP contribution in [0.5, 0.6) is 0 Å². The number of nitrogens with one attached hydrogen (secondary N) is 1. The zero-order valence-corrected chi connectivity index (χ0v) is 17.3. The Morgan fingerprint density at radius 2 is 1.57 bits per heavy atom. The Morgan fingerprint density at radius 1 is 1.13 bits per heavy atom. The molecule has 0 radical (unpaired) electrons. The number of hydrogen-bond acceptors (Lipinski definition) is 3. The van der Waals surface area contributed by atoms with E-state index < -0.39 is 10.4 Å². The standard InChI is InChI=1S/C15H28NO.Na.H2O4S/c1-4-6-7-8-9-10-11-12-13-14(3)16-15(17)5-2;;1-5(2,3)4/h5,14H,2-4,6-13H2,1H3,(H,16,17);;(H2,1,2,3,4). The predicted molar refractivity (Wildman–Crippen MR) is 94.1 cm³/mol. The molecule has 0 heterocycles. The van der Waals surface area contributed by atoms with Gasteiger partial charge in [0.15, 0.2) is 0 Å². The molecule has 6 nitrogen and oxygen atoms in total. The molecule has 0 aliphatic rings. The quantitative estimate of drug-likeness (QED) is 0.215. The third-order valence-electron chi connectivity index (χ3n) is 3.43. The van der Waals surface area contributed by atoms with E-state index in [1.807, 2.05) is 0 Å². The van der Waals surface area contributed by atoms with Gasteiger partial charge in [-0.25, -0.2) is 0 Å². The summed E-state index contributed by atoms with van der Waals surface area (Å²) < 4.78 is 32.7. The third kappa shape index (κ3) is 27.2. The van der Waals surface area contributed by atoms with Gasteiger partial charge in [0.05, 0.1) is 0 Å². The maximum atomic E-state index is 11.2. The first-order chi connectivity index (χ1) is 10.7. The maximum absolute atomic E-state index is 11.2. The first-order valence-corrected chi connectivity index (χ1v) is 11.2. The van der Waals surface area contributed by atoms with Crippen LogP contribution in [0.2, 0.25) is 3.67 Å². The number of amides is 1. The Balaban J connectivity index is 0. The van der Waals surface area contributed by atoms with Crippen LogP contribution in [0, 0.1) is 0 Å². The van der Waals surface area contributed by atoms with E-state index in [9.17, 15) is 4.79 Å². The van der Waals surface area contributed by atoms with Gasteiger partial charge >= 0.3 is 141 Å². The summed E-state index contributed by atoms with van der Waals surface area (Å²) in [6.45, 7) is 5.75. The molecule has 0 aromatic carbocycles. The van der Waals surface area contributed by atoms with Crippen molar-refractivity contribution in [3.8, 4) is 0 Å². The minimum absolute atomic E-state index is 0.0181. The molecule has 0 saturated carbocycles. The molecule has 0 saturated heterocycles. The number of hydrogen-bond donors (Lipinski definition) is 3. The molecule has 3 N–H and O–H groups in total. The van der Waals surface area contributed by atoms with Crippen LogP contribution in [0.3, 0.4) is 0 Å². The van der Waals surface area contributed by atoms with Crippen LogP contribution in [-0.4, -0.2) is 57.4 Å². The minimum atomic E-state index is -4.67. The number of carbonyl (C=O) groups is 1. The van der Waals surface area contributed by atoms with Crippen LogP contribution < -0.4 is 5.32 Å². The van der Waals surface area contributed by atoms with Crippen molar-refractivity contribution < 1.29 is 22.3 Å². The first kappa shape index (κ1) is 25.3. The molecule has 0 aliphatic heterocycles. The number of unbranched alkanes of at least 4 members (excludes halogenated alkanes) is 7. The molecule has 0 spiro atoms. The molecule has 132 valence electrons. The SMILES string of the molecule is C=CC(=O)NC([CH2][Na])CCCCCCCCCC.O=S(=O)(O)O. The van der Waals surface area contributed by atoms with Gasteiger partial charge in [-0.05, 0) is 0 Å². The second-order valence-corrected chi connectivity index (χ2v) is 7.24. The first-order valence-electron chi connectivity index (χ1n) is 8.37. The van der Waals surface area contributed by atoms with E-state index in [0.29, 0.717) is 6.04 Å². The Morgan fingerprint density at radius 3 is 1.96 bits per heavy atom. The smallest absolute Gasteiger partial charge is 0.264 e. The van der Waals surface area contributed by atoms with Crippen molar-refractivity contribution in [2.24, 2.45) is 0 Å². The second-order valence-electron chi connectivity index (χ2n) is 5.53. The monoisotopic (exact) mass is 359 g/mol. The Hall–Kier alpha value is 0.0800. The molecule has 0 fully saturated rings. The summed E-state index contributed by atoms with van der Waals surface area (Å²) in [5.41, 5.74) is 0. The van der Waals surface area contributed by atoms with E-state index in [0.717, 1.165) is 38.0 Å². The van der Waals surface area contributed by atoms with E-state index in [-0.39, 0.29) is 5.91 Å². The fraction of sp³-hybridized carbons (Fsp3) is 0.800. The molecule has 1 atom stereocenters. The van der Waals surface area contributed by atoms with Crippen molar-refractivity contribution >= 4 is 44.2 Å². The normalized spacial score (nSPS) is 12.0. The molecule has 0 aliphatic carbocycles. The molecule has 0 rings (SSSR count). The topological polar surface area (TPSA) is 104 Å². The summed E-state index contributed by atoms with van der Waals surface area (Å²) in [5.74, 6) is -0.0181. The van der Waals surface area contributed by atoms with Gasteiger partial charge in [-0.3, -0.25) is 9.11 Å². The van der Waals surface area contributed by atoms with Crippen LogP contribution in [0.15, 0.2) is 12.7 Å². The molecular weight excluding hydrogens is 329 g/mol. The summed E-state index contributed by atoms with van der Waals surface area (Å²) in [4.78, 5) is 11.2. The molecule has 1 unspecified atom stereocenters. The Labute approximate surface area is 158 Å². The summed E-state index contributed by atoms with van der Waals surface area (Å²) in [7, 11) is -4.67. The average molecular weight is 359 g/mol. The van der Waals surface area contributed by atoms with Gasteiger partial charge < -0.3 is 0 Å². The van der Waals surface area contributed by atoms with Gasteiger partial charge in [-0.15, -0.1) is 0 Å². The molecular formula is C15H30NNaO5S. The zero-order chi connectivity index (χ0) is 18.1. The van der Waals surface area contributed by atoms with E-state index in [1.165, 1.54) is 57.4 Å². The van der Waals surface area contributed by atoms with Crippen molar-refractivity contribution in [3.05, 3.63) is 12.7 Å². The number of carbonyl (C=O) groups excluding carboxylic acids is 1.